The largest absolute Gasteiger partial charge is 0.311 e. The number of anilines is 1. The first kappa shape index (κ1) is 18.5. The van der Waals surface area contributed by atoms with Gasteiger partial charge in [-0.2, -0.15) is 0 Å². The van der Waals surface area contributed by atoms with E-state index in [0.29, 0.717) is 13.0 Å². The van der Waals surface area contributed by atoms with Crippen LogP contribution >= 0.6 is 15.9 Å². The molecule has 0 spiro atoms. The Bertz CT molecular complexity index is 685. The van der Waals surface area contributed by atoms with E-state index in [1.54, 1.807) is 4.90 Å². The van der Waals surface area contributed by atoms with Crippen LogP contribution in [0.15, 0.2) is 16.6 Å². The highest BCUT2D eigenvalue weighted by Crippen LogP contribution is 2.33. The summed E-state index contributed by atoms with van der Waals surface area (Å²) in [5, 5.41) is 0. The van der Waals surface area contributed by atoms with E-state index in [0.717, 1.165) is 47.0 Å². The first-order chi connectivity index (χ1) is 10.8. The summed E-state index contributed by atoms with van der Waals surface area (Å²) in [7, 11) is -3.33. The summed E-state index contributed by atoms with van der Waals surface area (Å²) in [6.45, 7) is 4.59. The molecule has 0 atom stereocenters. The third kappa shape index (κ3) is 4.80. The molecule has 0 unspecified atom stereocenters. The minimum absolute atomic E-state index is 0.104. The molecule has 1 heterocycles. The summed E-state index contributed by atoms with van der Waals surface area (Å²) in [6.07, 6.45) is 4.27. The Morgan fingerprint density at radius 3 is 2.74 bits per heavy atom. The monoisotopic (exact) mass is 401 g/mol. The molecule has 6 heteroatoms. The van der Waals surface area contributed by atoms with Gasteiger partial charge in [0, 0.05) is 16.7 Å². The average molecular weight is 402 g/mol. The van der Waals surface area contributed by atoms with Crippen LogP contribution in [0.1, 0.15) is 43.7 Å². The van der Waals surface area contributed by atoms with Gasteiger partial charge in [-0.1, -0.05) is 35.7 Å². The molecule has 0 saturated carbocycles. The fourth-order valence-electron chi connectivity index (χ4n) is 3.08. The lowest BCUT2D eigenvalue weighted by molar-refractivity contribution is -0.116. The van der Waals surface area contributed by atoms with Crippen LogP contribution in [0.25, 0.3) is 0 Å². The van der Waals surface area contributed by atoms with Gasteiger partial charge < -0.3 is 4.90 Å². The van der Waals surface area contributed by atoms with Crippen molar-refractivity contribution in [3.8, 4) is 0 Å². The van der Waals surface area contributed by atoms with Crippen molar-refractivity contribution in [2.45, 2.75) is 46.0 Å². The van der Waals surface area contributed by atoms with Crippen molar-refractivity contribution in [1.82, 2.24) is 0 Å². The molecule has 1 aromatic carbocycles. The number of aryl methyl sites for hydroxylation is 2. The first-order valence-electron chi connectivity index (χ1n) is 8.14. The lowest BCUT2D eigenvalue weighted by Crippen LogP contribution is -2.40. The molecule has 128 valence electrons. The number of amides is 1. The van der Waals surface area contributed by atoms with Crippen molar-refractivity contribution in [3.63, 3.8) is 0 Å². The van der Waals surface area contributed by atoms with Crippen LogP contribution in [-0.2, 0) is 21.1 Å². The van der Waals surface area contributed by atoms with Gasteiger partial charge in [-0.15, -0.1) is 0 Å². The number of unbranched alkanes of at least 4 members (excludes halogenated alkanes) is 2. The van der Waals surface area contributed by atoms with E-state index in [4.69, 9.17) is 0 Å². The second-order valence-corrected chi connectivity index (χ2v) is 9.28. The normalized spacial score (nSPS) is 14.7. The zero-order valence-corrected chi connectivity index (χ0v) is 16.2. The minimum Gasteiger partial charge on any atom is -0.311 e. The molecule has 1 aliphatic rings. The number of halogens is 1. The first-order valence-corrected chi connectivity index (χ1v) is 10.8. The van der Waals surface area contributed by atoms with Crippen molar-refractivity contribution in [2.24, 2.45) is 0 Å². The number of fused-ring (bicyclic) bond motifs is 1. The van der Waals surface area contributed by atoms with Crippen LogP contribution in [-0.4, -0.2) is 32.4 Å². The minimum atomic E-state index is -3.33. The number of carbonyl (C=O) groups is 1. The molecule has 0 radical (unpaired) electrons. The van der Waals surface area contributed by atoms with Crippen molar-refractivity contribution < 1.29 is 13.2 Å². The summed E-state index contributed by atoms with van der Waals surface area (Å²) in [5.74, 6) is -0.578. The number of carbonyl (C=O) groups excluding carboxylic acids is 1. The van der Waals surface area contributed by atoms with Gasteiger partial charge in [-0.3, -0.25) is 4.79 Å². The van der Waals surface area contributed by atoms with Crippen LogP contribution in [0.3, 0.4) is 0 Å². The van der Waals surface area contributed by atoms with Gasteiger partial charge in [-0.05, 0) is 49.4 Å². The Kier molecular flexibility index (Phi) is 6.26. The Labute approximate surface area is 147 Å². The smallest absolute Gasteiger partial charge is 0.242 e. The molecule has 0 bridgehead atoms. The molecule has 1 aromatic rings. The van der Waals surface area contributed by atoms with Crippen LogP contribution in [0.5, 0.6) is 0 Å². The highest BCUT2D eigenvalue weighted by molar-refractivity contribution is 9.10. The molecule has 2 rings (SSSR count). The van der Waals surface area contributed by atoms with E-state index in [1.165, 1.54) is 0 Å². The van der Waals surface area contributed by atoms with Gasteiger partial charge in [0.25, 0.3) is 0 Å². The van der Waals surface area contributed by atoms with Gasteiger partial charge in [0.05, 0.1) is 5.75 Å². The summed E-state index contributed by atoms with van der Waals surface area (Å²) in [4.78, 5) is 14.2. The van der Waals surface area contributed by atoms with E-state index in [2.05, 4.69) is 15.9 Å². The van der Waals surface area contributed by atoms with Gasteiger partial charge in [0.15, 0.2) is 9.84 Å². The Morgan fingerprint density at radius 1 is 1.30 bits per heavy atom. The molecule has 4 nitrogen and oxygen atoms in total. The third-order valence-electron chi connectivity index (χ3n) is 4.15. The number of hydrogen-bond acceptors (Lipinski definition) is 3. The lowest BCUT2D eigenvalue weighted by Gasteiger charge is -2.31. The molecular formula is C17H24BrNO3S. The number of sulfone groups is 1. The van der Waals surface area contributed by atoms with Crippen LogP contribution < -0.4 is 4.90 Å². The quantitative estimate of drug-likeness (QED) is 0.683. The summed E-state index contributed by atoms with van der Waals surface area (Å²) in [5.41, 5.74) is 3.01. The lowest BCUT2D eigenvalue weighted by atomic mass is 9.98. The van der Waals surface area contributed by atoms with Crippen LogP contribution in [0, 0.1) is 6.92 Å². The second-order valence-electron chi connectivity index (χ2n) is 6.18. The van der Waals surface area contributed by atoms with Gasteiger partial charge >= 0.3 is 0 Å². The zero-order valence-electron chi connectivity index (χ0n) is 13.8. The van der Waals surface area contributed by atoms with Crippen molar-refractivity contribution in [3.05, 3.63) is 27.7 Å². The van der Waals surface area contributed by atoms with Crippen LogP contribution in [0.4, 0.5) is 5.69 Å². The summed E-state index contributed by atoms with van der Waals surface area (Å²) >= 11 is 3.48. The maximum Gasteiger partial charge on any atom is 0.242 e. The molecule has 0 N–H and O–H groups in total. The Hall–Kier alpha value is -0.880. The van der Waals surface area contributed by atoms with E-state index < -0.39 is 9.84 Å². The van der Waals surface area contributed by atoms with E-state index in [-0.39, 0.29) is 17.4 Å². The number of nitrogens with zero attached hydrogens (tertiary/aromatic N) is 1. The SMILES string of the molecule is CCCCCS(=O)(=O)CC(=O)N1CCCc2cc(Br)cc(C)c21. The topological polar surface area (TPSA) is 54.5 Å². The molecular weight excluding hydrogens is 378 g/mol. The summed E-state index contributed by atoms with van der Waals surface area (Å²) < 4.78 is 25.3. The van der Waals surface area contributed by atoms with E-state index in [9.17, 15) is 13.2 Å². The molecule has 0 aromatic heterocycles. The second kappa shape index (κ2) is 7.79. The molecule has 1 aliphatic heterocycles. The zero-order chi connectivity index (χ0) is 17.0. The highest BCUT2D eigenvalue weighted by atomic mass is 79.9. The third-order valence-corrected chi connectivity index (χ3v) is 6.20. The fraction of sp³-hybridized carbons (Fsp3) is 0.588. The van der Waals surface area contributed by atoms with E-state index in [1.807, 2.05) is 26.0 Å². The number of rotatable bonds is 6. The van der Waals surface area contributed by atoms with Gasteiger partial charge in [0.1, 0.15) is 5.75 Å². The Morgan fingerprint density at radius 2 is 2.04 bits per heavy atom. The fourth-order valence-corrected chi connectivity index (χ4v) is 5.02. The molecule has 0 aliphatic carbocycles. The standard InChI is InChI=1S/C17H24BrNO3S/c1-3-4-5-9-23(21,22)12-16(20)19-8-6-7-14-11-15(18)10-13(2)17(14)19/h10-11H,3-9,12H2,1-2H3. The number of benzene rings is 1. The predicted octanol–water partition coefficient (Wildman–Crippen LogP) is 3.64. The molecule has 0 saturated heterocycles. The van der Waals surface area contributed by atoms with Crippen molar-refractivity contribution in [1.29, 1.82) is 0 Å². The summed E-state index contributed by atoms with van der Waals surface area (Å²) in [6, 6.07) is 4.00. The average Bonchev–Trinajstić information content (AvgIpc) is 2.45. The van der Waals surface area contributed by atoms with E-state index >= 15 is 0 Å². The number of hydrogen-bond donors (Lipinski definition) is 0. The predicted molar refractivity (Wildman–Crippen MR) is 97.7 cm³/mol. The molecule has 23 heavy (non-hydrogen) atoms. The highest BCUT2D eigenvalue weighted by Gasteiger charge is 2.27. The van der Waals surface area contributed by atoms with Gasteiger partial charge in [0.2, 0.25) is 5.91 Å². The maximum atomic E-state index is 12.6. The molecule has 0 fully saturated rings. The van der Waals surface area contributed by atoms with Gasteiger partial charge in [-0.25, -0.2) is 8.42 Å². The maximum absolute atomic E-state index is 12.6. The van der Waals surface area contributed by atoms with Crippen LogP contribution in [0.2, 0.25) is 0 Å². The van der Waals surface area contributed by atoms with Crippen molar-refractivity contribution >= 4 is 37.4 Å². The molecule has 1 amide bonds. The van der Waals surface area contributed by atoms with Crippen molar-refractivity contribution in [2.75, 3.05) is 23.0 Å². The Balaban J connectivity index is 2.16.